The molecule has 11 nitrogen and oxygen atoms in total. The van der Waals surface area contributed by atoms with E-state index in [1.807, 2.05) is 6.07 Å². The first-order chi connectivity index (χ1) is 19.8. The van der Waals surface area contributed by atoms with Gasteiger partial charge in [0.2, 0.25) is 6.29 Å². The van der Waals surface area contributed by atoms with E-state index in [0.717, 1.165) is 58.3 Å². The lowest BCUT2D eigenvalue weighted by atomic mass is 9.99. The van der Waals surface area contributed by atoms with E-state index >= 15 is 0 Å². The Morgan fingerprint density at radius 1 is 0.927 bits per heavy atom. The monoisotopic (exact) mass is 577 g/mol. The smallest absolute Gasteiger partial charge is 0.335 e. The minimum atomic E-state index is -1.83. The predicted octanol–water partition coefficient (Wildman–Crippen LogP) is 1.28. The van der Waals surface area contributed by atoms with Crippen molar-refractivity contribution in [2.75, 3.05) is 26.3 Å². The molecule has 1 saturated heterocycles. The minimum Gasteiger partial charge on any atom is -0.479 e. The van der Waals surface area contributed by atoms with E-state index in [-0.39, 0.29) is 11.3 Å². The number of rotatable bonds is 18. The highest BCUT2D eigenvalue weighted by molar-refractivity contribution is 5.73. The summed E-state index contributed by atoms with van der Waals surface area (Å²) in [7, 11) is 0. The Kier molecular flexibility index (Phi) is 13.9. The van der Waals surface area contributed by atoms with Gasteiger partial charge in [-0.15, -0.1) is 0 Å². The van der Waals surface area contributed by atoms with Crippen molar-refractivity contribution in [3.05, 3.63) is 65.2 Å². The zero-order valence-electron chi connectivity index (χ0n) is 23.2. The minimum absolute atomic E-state index is 0.0772. The number of aliphatic hydroxyl groups is 5. The van der Waals surface area contributed by atoms with Crippen LogP contribution in [-0.2, 0) is 27.3 Å². The summed E-state index contributed by atoms with van der Waals surface area (Å²) in [6, 6.07) is 15.0. The molecular weight excluding hydrogens is 534 g/mol. The molecule has 0 saturated carbocycles. The van der Waals surface area contributed by atoms with Crippen molar-refractivity contribution in [1.82, 2.24) is 5.32 Å². The molecule has 2 aromatic rings. The van der Waals surface area contributed by atoms with Crippen molar-refractivity contribution in [1.29, 1.82) is 0 Å². The highest BCUT2D eigenvalue weighted by Crippen LogP contribution is 2.29. The van der Waals surface area contributed by atoms with Crippen LogP contribution in [0.4, 0.5) is 0 Å². The molecule has 0 bridgehead atoms. The fourth-order valence-electron chi connectivity index (χ4n) is 4.61. The number of nitrogens with one attached hydrogen (secondary N) is 1. The molecule has 0 aromatic heterocycles. The SMILES string of the molecule is O=C(O)[C@H]1O[C@@H](Oc2ccc(C(O)CNCCCCCCOCCCc3ccccc3)cc2CO)[C@H](O)[C@@H](O)[C@@H]1O. The molecule has 1 heterocycles. The van der Waals surface area contributed by atoms with Gasteiger partial charge in [0.15, 0.2) is 6.10 Å². The molecule has 41 heavy (non-hydrogen) atoms. The molecule has 228 valence electrons. The average molecular weight is 578 g/mol. The van der Waals surface area contributed by atoms with E-state index in [0.29, 0.717) is 12.1 Å². The van der Waals surface area contributed by atoms with E-state index < -0.39 is 49.4 Å². The van der Waals surface area contributed by atoms with Crippen LogP contribution in [0, 0.1) is 0 Å². The number of hydrogen-bond donors (Lipinski definition) is 7. The van der Waals surface area contributed by atoms with Crippen LogP contribution in [0.25, 0.3) is 0 Å². The second-order valence-electron chi connectivity index (χ2n) is 10.2. The van der Waals surface area contributed by atoms with Gasteiger partial charge in [-0.1, -0.05) is 49.2 Å². The number of aliphatic hydroxyl groups excluding tert-OH is 5. The number of unbranched alkanes of at least 4 members (excludes halogenated alkanes) is 3. The standard InChI is InChI=1S/C30H43NO10/c32-19-22-17-21(12-13-24(22)40-30-27(36)25(34)26(35)28(41-30)29(37)38)23(33)18-31-14-6-1-2-7-15-39-16-8-11-20-9-4-3-5-10-20/h3-5,9-10,12-13,17,23,25-28,30-36H,1-2,6-8,11,14-16,18-19H2,(H,37,38)/t23?,25-,26-,27+,28-,30+/m0/s1. The second-order valence-corrected chi connectivity index (χ2v) is 10.2. The first kappa shape index (κ1) is 32.9. The molecule has 1 unspecified atom stereocenters. The van der Waals surface area contributed by atoms with Crippen LogP contribution >= 0.6 is 0 Å². The Morgan fingerprint density at radius 2 is 1.66 bits per heavy atom. The number of carbonyl (C=O) groups is 1. The zero-order chi connectivity index (χ0) is 29.6. The quantitative estimate of drug-likeness (QED) is 0.127. The Balaban J connectivity index is 1.31. The summed E-state index contributed by atoms with van der Waals surface area (Å²) in [4.78, 5) is 11.3. The van der Waals surface area contributed by atoms with E-state index in [9.17, 15) is 35.4 Å². The highest BCUT2D eigenvalue weighted by atomic mass is 16.7. The number of aryl methyl sites for hydroxylation is 1. The number of ether oxygens (including phenoxy) is 3. The lowest BCUT2D eigenvalue weighted by Gasteiger charge is -2.38. The number of carboxylic acids is 1. The first-order valence-electron chi connectivity index (χ1n) is 14.1. The molecule has 6 atom stereocenters. The van der Waals surface area contributed by atoms with Crippen LogP contribution in [0.3, 0.4) is 0 Å². The third-order valence-corrected chi connectivity index (χ3v) is 7.02. The molecule has 1 aliphatic heterocycles. The average Bonchev–Trinajstić information content (AvgIpc) is 2.98. The maximum atomic E-state index is 11.3. The van der Waals surface area contributed by atoms with Crippen molar-refractivity contribution in [2.24, 2.45) is 0 Å². The van der Waals surface area contributed by atoms with Gasteiger partial charge in [-0.25, -0.2) is 4.79 Å². The normalized spacial score (nSPS) is 23.3. The summed E-state index contributed by atoms with van der Waals surface area (Å²) in [5.41, 5.74) is 2.13. The summed E-state index contributed by atoms with van der Waals surface area (Å²) < 4.78 is 16.4. The summed E-state index contributed by atoms with van der Waals surface area (Å²) in [5.74, 6) is -1.45. The third-order valence-electron chi connectivity index (χ3n) is 7.02. The topological polar surface area (TPSA) is 178 Å². The Hall–Kier alpha value is -2.61. The van der Waals surface area contributed by atoms with E-state index in [4.69, 9.17) is 14.2 Å². The first-order valence-corrected chi connectivity index (χ1v) is 14.1. The number of carboxylic acid groups (broad SMARTS) is 1. The number of benzene rings is 2. The van der Waals surface area contributed by atoms with Gasteiger partial charge in [0, 0.05) is 25.3 Å². The van der Waals surface area contributed by atoms with Crippen LogP contribution in [0.2, 0.25) is 0 Å². The van der Waals surface area contributed by atoms with Crippen molar-refractivity contribution in [2.45, 2.75) is 81.9 Å². The fourth-order valence-corrected chi connectivity index (χ4v) is 4.61. The largest absolute Gasteiger partial charge is 0.479 e. The lowest BCUT2D eigenvalue weighted by Crippen LogP contribution is -2.61. The van der Waals surface area contributed by atoms with Crippen LogP contribution in [-0.4, -0.2) is 93.6 Å². The molecule has 0 aliphatic carbocycles. The lowest BCUT2D eigenvalue weighted by molar-refractivity contribution is -0.271. The maximum Gasteiger partial charge on any atom is 0.335 e. The van der Waals surface area contributed by atoms with Gasteiger partial charge in [0.25, 0.3) is 0 Å². The van der Waals surface area contributed by atoms with Gasteiger partial charge >= 0.3 is 5.97 Å². The van der Waals surface area contributed by atoms with Crippen molar-refractivity contribution in [3.8, 4) is 5.75 Å². The summed E-state index contributed by atoms with van der Waals surface area (Å²) >= 11 is 0. The molecular formula is C30H43NO10. The van der Waals surface area contributed by atoms with Crippen molar-refractivity contribution < 1.29 is 49.6 Å². The molecule has 0 radical (unpaired) electrons. The molecule has 2 aromatic carbocycles. The van der Waals surface area contributed by atoms with E-state index in [1.54, 1.807) is 6.07 Å². The third kappa shape index (κ3) is 10.3. The van der Waals surface area contributed by atoms with Gasteiger partial charge in [-0.2, -0.15) is 0 Å². The molecule has 11 heteroatoms. The predicted molar refractivity (Wildman–Crippen MR) is 149 cm³/mol. The van der Waals surface area contributed by atoms with E-state index in [1.165, 1.54) is 17.7 Å². The molecule has 0 spiro atoms. The number of aliphatic carboxylic acids is 1. The van der Waals surface area contributed by atoms with Crippen LogP contribution in [0.15, 0.2) is 48.5 Å². The van der Waals surface area contributed by atoms with Gasteiger partial charge in [-0.05, 0) is 55.5 Å². The van der Waals surface area contributed by atoms with E-state index in [2.05, 4.69) is 29.6 Å². The summed E-state index contributed by atoms with van der Waals surface area (Å²) in [6.07, 6.45) is -3.43. The molecule has 0 amide bonds. The second kappa shape index (κ2) is 17.4. The van der Waals surface area contributed by atoms with Gasteiger partial charge in [0.1, 0.15) is 24.1 Å². The Morgan fingerprint density at radius 3 is 2.39 bits per heavy atom. The Bertz CT molecular complexity index is 1040. The molecule has 7 N–H and O–H groups in total. The van der Waals surface area contributed by atoms with Crippen molar-refractivity contribution in [3.63, 3.8) is 0 Å². The van der Waals surface area contributed by atoms with Gasteiger partial charge < -0.3 is 50.2 Å². The van der Waals surface area contributed by atoms with Crippen LogP contribution in [0.5, 0.6) is 5.75 Å². The summed E-state index contributed by atoms with van der Waals surface area (Å²) in [5, 5.41) is 62.8. The van der Waals surface area contributed by atoms with Crippen molar-refractivity contribution >= 4 is 5.97 Å². The summed E-state index contributed by atoms with van der Waals surface area (Å²) in [6.45, 7) is 2.14. The Labute approximate surface area is 240 Å². The van der Waals surface area contributed by atoms with Gasteiger partial charge in [0.05, 0.1) is 12.7 Å². The highest BCUT2D eigenvalue weighted by Gasteiger charge is 2.48. The van der Waals surface area contributed by atoms with Crippen LogP contribution < -0.4 is 10.1 Å². The molecule has 1 fully saturated rings. The van der Waals surface area contributed by atoms with Gasteiger partial charge in [-0.3, -0.25) is 0 Å². The fraction of sp³-hybridized carbons (Fsp3) is 0.567. The molecule has 3 rings (SSSR count). The number of hydrogen-bond acceptors (Lipinski definition) is 10. The zero-order valence-corrected chi connectivity index (χ0v) is 23.2. The maximum absolute atomic E-state index is 11.3. The van der Waals surface area contributed by atoms with Crippen LogP contribution in [0.1, 0.15) is 54.9 Å². The molecule has 1 aliphatic rings.